The molecule has 2 heterocycles. The van der Waals surface area contributed by atoms with Gasteiger partial charge in [0.1, 0.15) is 4.88 Å². The van der Waals surface area contributed by atoms with Crippen molar-refractivity contribution in [3.63, 3.8) is 0 Å². The first kappa shape index (κ1) is 19.6. The van der Waals surface area contributed by atoms with Gasteiger partial charge in [-0.05, 0) is 36.2 Å². The molecule has 0 saturated carbocycles. The number of carbonyl (C=O) groups excluding carboxylic acids is 1. The van der Waals surface area contributed by atoms with Crippen molar-refractivity contribution < 1.29 is 19.8 Å². The summed E-state index contributed by atoms with van der Waals surface area (Å²) in [4.78, 5) is 26.2. The van der Waals surface area contributed by atoms with Gasteiger partial charge in [0.25, 0.3) is 0 Å². The Morgan fingerprint density at radius 2 is 1.96 bits per heavy atom. The number of carboxylic acids is 1. The predicted molar refractivity (Wildman–Crippen MR) is 106 cm³/mol. The smallest absolute Gasteiger partial charge is 0.345 e. The minimum atomic E-state index is -0.916. The van der Waals surface area contributed by atoms with Crippen molar-refractivity contribution in [2.24, 2.45) is 0 Å². The summed E-state index contributed by atoms with van der Waals surface area (Å²) in [5.41, 5.74) is 1.71. The number of nitrogens with zero attached hydrogens (tertiary/aromatic N) is 1. The van der Waals surface area contributed by atoms with Crippen molar-refractivity contribution in [1.29, 1.82) is 0 Å². The summed E-state index contributed by atoms with van der Waals surface area (Å²) >= 11 is 1.26. The number of aliphatic hydroxyl groups is 1. The summed E-state index contributed by atoms with van der Waals surface area (Å²) in [5.74, 6) is -0.841. The predicted octanol–water partition coefficient (Wildman–Crippen LogP) is 4.41. The van der Waals surface area contributed by atoms with Crippen molar-refractivity contribution in [2.45, 2.75) is 57.6 Å². The van der Waals surface area contributed by atoms with E-state index in [1.54, 1.807) is 11.0 Å². The molecule has 1 saturated heterocycles. The quantitative estimate of drug-likeness (QED) is 0.493. The van der Waals surface area contributed by atoms with Crippen LogP contribution in [0.25, 0.3) is 0 Å². The number of carbonyl (C=O) groups is 2. The molecule has 1 aliphatic heterocycles. The van der Waals surface area contributed by atoms with Gasteiger partial charge in [-0.1, -0.05) is 38.3 Å². The van der Waals surface area contributed by atoms with Crippen LogP contribution in [-0.4, -0.2) is 28.1 Å². The third kappa shape index (κ3) is 4.57. The molecule has 1 aliphatic rings. The molecule has 1 aromatic heterocycles. The van der Waals surface area contributed by atoms with Crippen LogP contribution in [0.4, 0.5) is 5.69 Å². The van der Waals surface area contributed by atoms with E-state index in [-0.39, 0.29) is 11.9 Å². The molecule has 2 aromatic rings. The van der Waals surface area contributed by atoms with Gasteiger partial charge in [-0.15, -0.1) is 11.3 Å². The van der Waals surface area contributed by atoms with Gasteiger partial charge < -0.3 is 15.1 Å². The maximum atomic E-state index is 12.1. The van der Waals surface area contributed by atoms with Crippen LogP contribution >= 0.6 is 11.3 Å². The van der Waals surface area contributed by atoms with Gasteiger partial charge in [0.2, 0.25) is 5.91 Å². The van der Waals surface area contributed by atoms with Crippen LogP contribution in [0.2, 0.25) is 0 Å². The minimum Gasteiger partial charge on any atom is -0.477 e. The Labute approximate surface area is 163 Å². The fourth-order valence-corrected chi connectivity index (χ4v) is 4.36. The molecule has 0 bridgehead atoms. The monoisotopic (exact) mass is 387 g/mol. The number of aliphatic hydroxyl groups excluding tert-OH is 1. The van der Waals surface area contributed by atoms with Crippen LogP contribution in [0, 0.1) is 0 Å². The second kappa shape index (κ2) is 8.67. The molecule has 1 unspecified atom stereocenters. The molecule has 2 atom stereocenters. The van der Waals surface area contributed by atoms with Crippen LogP contribution in [0.15, 0.2) is 36.4 Å². The second-order valence-electron chi connectivity index (χ2n) is 7.00. The number of rotatable bonds is 9. The lowest BCUT2D eigenvalue weighted by Crippen LogP contribution is -2.53. The highest BCUT2D eigenvalue weighted by Crippen LogP contribution is 2.32. The Morgan fingerprint density at radius 1 is 1.22 bits per heavy atom. The fraction of sp³-hybridized carbons (Fsp3) is 0.429. The Bertz CT molecular complexity index is 799. The number of aromatic carboxylic acids is 1. The summed E-state index contributed by atoms with van der Waals surface area (Å²) in [6, 6.07) is 11.1. The molecule has 1 amide bonds. The highest BCUT2D eigenvalue weighted by Gasteiger charge is 2.37. The van der Waals surface area contributed by atoms with Crippen molar-refractivity contribution in [3.05, 3.63) is 51.7 Å². The van der Waals surface area contributed by atoms with E-state index < -0.39 is 12.1 Å². The van der Waals surface area contributed by atoms with Crippen LogP contribution in [-0.2, 0) is 11.2 Å². The standard InChI is InChI=1S/C21H25NO4S/c1-2-3-4-5-18(23)14-6-8-15(9-7-14)22-16(13-20(22)24)12-17-10-11-19(27-17)21(25)26/h6-11,16,18,23H,2-5,12-13H2,1H3,(H,25,26)/t16-,18?/m0/s1. The Hall–Kier alpha value is -2.18. The van der Waals surface area contributed by atoms with Gasteiger partial charge in [-0.25, -0.2) is 4.79 Å². The highest BCUT2D eigenvalue weighted by molar-refractivity contribution is 7.13. The Balaban J connectivity index is 1.63. The van der Waals surface area contributed by atoms with Gasteiger partial charge in [0.05, 0.1) is 12.1 Å². The maximum Gasteiger partial charge on any atom is 0.345 e. The van der Waals surface area contributed by atoms with Gasteiger partial charge in [0, 0.05) is 23.4 Å². The SMILES string of the molecule is CCCCCC(O)c1ccc(N2C(=O)C[C@@H]2Cc2ccc(C(=O)O)s2)cc1. The summed E-state index contributed by atoms with van der Waals surface area (Å²) in [5, 5.41) is 19.3. The van der Waals surface area contributed by atoms with Gasteiger partial charge in [0.15, 0.2) is 0 Å². The molecular formula is C21H25NO4S. The van der Waals surface area contributed by atoms with E-state index in [1.165, 1.54) is 11.3 Å². The first-order chi connectivity index (χ1) is 13.0. The Morgan fingerprint density at radius 3 is 2.56 bits per heavy atom. The molecule has 2 N–H and O–H groups in total. The van der Waals surface area contributed by atoms with Crippen molar-refractivity contribution in [1.82, 2.24) is 0 Å². The number of amides is 1. The van der Waals surface area contributed by atoms with E-state index in [4.69, 9.17) is 5.11 Å². The van der Waals surface area contributed by atoms with E-state index in [1.807, 2.05) is 30.3 Å². The number of benzene rings is 1. The maximum absolute atomic E-state index is 12.1. The molecule has 27 heavy (non-hydrogen) atoms. The summed E-state index contributed by atoms with van der Waals surface area (Å²) < 4.78 is 0. The van der Waals surface area contributed by atoms with E-state index >= 15 is 0 Å². The molecule has 0 aliphatic carbocycles. The number of β-lactam (4-membered cyclic amide) rings is 1. The zero-order valence-corrected chi connectivity index (χ0v) is 16.2. The molecule has 1 aromatic carbocycles. The topological polar surface area (TPSA) is 77.8 Å². The number of carboxylic acid groups (broad SMARTS) is 1. The first-order valence-corrected chi connectivity index (χ1v) is 10.2. The average molecular weight is 388 g/mol. The number of hydrogen-bond acceptors (Lipinski definition) is 4. The van der Waals surface area contributed by atoms with E-state index in [0.29, 0.717) is 17.7 Å². The number of anilines is 1. The molecule has 1 fully saturated rings. The number of unbranched alkanes of at least 4 members (excludes halogenated alkanes) is 2. The van der Waals surface area contributed by atoms with Crippen LogP contribution < -0.4 is 4.90 Å². The average Bonchev–Trinajstić information content (AvgIpc) is 3.11. The first-order valence-electron chi connectivity index (χ1n) is 9.41. The van der Waals surface area contributed by atoms with Gasteiger partial charge >= 0.3 is 5.97 Å². The fourth-order valence-electron chi connectivity index (χ4n) is 3.45. The second-order valence-corrected chi connectivity index (χ2v) is 8.17. The van der Waals surface area contributed by atoms with Crippen LogP contribution in [0.1, 0.15) is 65.2 Å². The lowest BCUT2D eigenvalue weighted by molar-refractivity contribution is -0.124. The lowest BCUT2D eigenvalue weighted by Gasteiger charge is -2.40. The molecule has 3 rings (SSSR count). The zero-order valence-electron chi connectivity index (χ0n) is 15.4. The molecule has 6 heteroatoms. The third-order valence-corrected chi connectivity index (χ3v) is 6.09. The lowest BCUT2D eigenvalue weighted by atomic mass is 9.95. The minimum absolute atomic E-state index is 0.0538. The molecule has 0 radical (unpaired) electrons. The Kier molecular flexibility index (Phi) is 6.29. The van der Waals surface area contributed by atoms with Crippen molar-refractivity contribution >= 4 is 28.9 Å². The van der Waals surface area contributed by atoms with Gasteiger partial charge in [-0.2, -0.15) is 0 Å². The molecule has 144 valence electrons. The molecular weight excluding hydrogens is 362 g/mol. The van der Waals surface area contributed by atoms with Crippen molar-refractivity contribution in [3.8, 4) is 0 Å². The van der Waals surface area contributed by atoms with E-state index in [9.17, 15) is 14.7 Å². The van der Waals surface area contributed by atoms with E-state index in [0.717, 1.165) is 41.8 Å². The molecule has 0 spiro atoms. The van der Waals surface area contributed by atoms with E-state index in [2.05, 4.69) is 6.92 Å². The number of hydrogen-bond donors (Lipinski definition) is 2. The summed E-state index contributed by atoms with van der Waals surface area (Å²) in [6.45, 7) is 2.14. The van der Waals surface area contributed by atoms with Crippen LogP contribution in [0.3, 0.4) is 0 Å². The molecule has 5 nitrogen and oxygen atoms in total. The van der Waals surface area contributed by atoms with Gasteiger partial charge in [-0.3, -0.25) is 4.79 Å². The largest absolute Gasteiger partial charge is 0.477 e. The van der Waals surface area contributed by atoms with Crippen molar-refractivity contribution in [2.75, 3.05) is 4.90 Å². The summed E-state index contributed by atoms with van der Waals surface area (Å²) in [7, 11) is 0. The normalized spacial score (nSPS) is 17.6. The number of thiophene rings is 1. The summed E-state index contributed by atoms with van der Waals surface area (Å²) in [6.07, 6.45) is 4.67. The van der Waals surface area contributed by atoms with Crippen LogP contribution in [0.5, 0.6) is 0 Å². The third-order valence-electron chi connectivity index (χ3n) is 4.99. The zero-order chi connectivity index (χ0) is 19.4. The highest BCUT2D eigenvalue weighted by atomic mass is 32.1.